The van der Waals surface area contributed by atoms with Crippen molar-refractivity contribution in [2.24, 2.45) is 4.99 Å². The van der Waals surface area contributed by atoms with Crippen LogP contribution < -0.4 is 5.32 Å². The monoisotopic (exact) mass is 476 g/mol. The van der Waals surface area contributed by atoms with Gasteiger partial charge in [-0.05, 0) is 18.1 Å². The molecule has 7 heteroatoms. The molecule has 26 heavy (non-hydrogen) atoms. The summed E-state index contributed by atoms with van der Waals surface area (Å²) >= 11 is 0. The second-order valence-corrected chi connectivity index (χ2v) is 6.81. The Balaban J connectivity index is 0.00000243. The molecule has 2 aliphatic rings. The van der Waals surface area contributed by atoms with Crippen LogP contribution >= 0.6 is 24.0 Å². The third-order valence-corrected chi connectivity index (χ3v) is 5.10. The fourth-order valence-electron chi connectivity index (χ4n) is 3.61. The van der Waals surface area contributed by atoms with Crippen LogP contribution in [0, 0.1) is 11.6 Å². The maximum Gasteiger partial charge on any atom is 0.193 e. The predicted octanol–water partition coefficient (Wildman–Crippen LogP) is 3.21. The molecule has 3 rings (SSSR count). The van der Waals surface area contributed by atoms with E-state index < -0.39 is 11.6 Å². The molecule has 0 saturated carbocycles. The third kappa shape index (κ3) is 4.94. The van der Waals surface area contributed by atoms with Crippen molar-refractivity contribution in [1.82, 2.24) is 15.1 Å². The van der Waals surface area contributed by atoms with Crippen molar-refractivity contribution in [2.75, 3.05) is 39.8 Å². The second-order valence-electron chi connectivity index (χ2n) is 6.81. The molecule has 0 aliphatic carbocycles. The van der Waals surface area contributed by atoms with Crippen molar-refractivity contribution in [3.05, 3.63) is 47.5 Å². The van der Waals surface area contributed by atoms with Gasteiger partial charge in [-0.25, -0.2) is 8.78 Å². The van der Waals surface area contributed by atoms with Crippen LogP contribution in [0.25, 0.3) is 0 Å². The van der Waals surface area contributed by atoms with Crippen molar-refractivity contribution >= 4 is 29.9 Å². The Morgan fingerprint density at radius 3 is 2.69 bits per heavy atom. The van der Waals surface area contributed by atoms with Crippen LogP contribution in [0.1, 0.15) is 24.8 Å². The fraction of sp³-hybridized carbons (Fsp3) is 0.526. The van der Waals surface area contributed by atoms with Crippen LogP contribution in [-0.2, 0) is 0 Å². The van der Waals surface area contributed by atoms with E-state index in [1.54, 1.807) is 7.05 Å². The standard InChI is InChI=1S/C19H26F2N4.HI/c1-14(17-6-5-15(20)11-18(17)21)12-23-19(22-2)25-10-7-16(13-25)24-8-3-4-9-24;/h3-6,11,14,16H,7-10,12-13H2,1-2H3,(H,22,23);1H. The molecule has 0 bridgehead atoms. The lowest BCUT2D eigenvalue weighted by Gasteiger charge is -2.26. The summed E-state index contributed by atoms with van der Waals surface area (Å²) in [4.78, 5) is 9.11. The molecule has 2 unspecified atom stereocenters. The van der Waals surface area contributed by atoms with E-state index in [0.717, 1.165) is 44.6 Å². The van der Waals surface area contributed by atoms with E-state index in [4.69, 9.17) is 0 Å². The number of hydrogen-bond acceptors (Lipinski definition) is 2. The minimum absolute atomic E-state index is 0. The molecule has 0 spiro atoms. The number of hydrogen-bond donors (Lipinski definition) is 1. The van der Waals surface area contributed by atoms with Gasteiger partial charge in [-0.2, -0.15) is 0 Å². The van der Waals surface area contributed by atoms with E-state index in [0.29, 0.717) is 18.2 Å². The minimum atomic E-state index is -0.545. The summed E-state index contributed by atoms with van der Waals surface area (Å²) in [6.45, 7) is 6.48. The van der Waals surface area contributed by atoms with Crippen LogP contribution in [0.15, 0.2) is 35.3 Å². The molecule has 144 valence electrons. The average Bonchev–Trinajstić information content (AvgIpc) is 3.26. The van der Waals surface area contributed by atoms with Gasteiger partial charge in [0.15, 0.2) is 5.96 Å². The number of likely N-dealkylation sites (tertiary alicyclic amines) is 1. The van der Waals surface area contributed by atoms with E-state index in [1.807, 2.05) is 6.92 Å². The number of rotatable bonds is 4. The van der Waals surface area contributed by atoms with Crippen molar-refractivity contribution in [2.45, 2.75) is 25.3 Å². The predicted molar refractivity (Wildman–Crippen MR) is 112 cm³/mol. The van der Waals surface area contributed by atoms with Crippen LogP contribution in [0.2, 0.25) is 0 Å². The summed E-state index contributed by atoms with van der Waals surface area (Å²) in [5.74, 6) is -0.258. The molecule has 2 aliphatic heterocycles. The number of benzene rings is 1. The number of aliphatic imine (C=N–C) groups is 1. The van der Waals surface area contributed by atoms with E-state index in [-0.39, 0.29) is 29.9 Å². The summed E-state index contributed by atoms with van der Waals surface area (Å²) in [5.41, 5.74) is 0.520. The first-order valence-corrected chi connectivity index (χ1v) is 8.88. The highest BCUT2D eigenvalue weighted by Gasteiger charge is 2.29. The van der Waals surface area contributed by atoms with E-state index in [2.05, 4.69) is 32.3 Å². The summed E-state index contributed by atoms with van der Waals surface area (Å²) in [6.07, 6.45) is 5.56. The molecule has 2 atom stereocenters. The van der Waals surface area contributed by atoms with Crippen molar-refractivity contribution in [1.29, 1.82) is 0 Å². The molecular formula is C19H27F2IN4. The molecule has 0 radical (unpaired) electrons. The summed E-state index contributed by atoms with van der Waals surface area (Å²) < 4.78 is 27.0. The quantitative estimate of drug-likeness (QED) is 0.314. The molecule has 4 nitrogen and oxygen atoms in total. The van der Waals surface area contributed by atoms with E-state index in [1.165, 1.54) is 12.1 Å². The van der Waals surface area contributed by atoms with Crippen LogP contribution in [0.5, 0.6) is 0 Å². The smallest absolute Gasteiger partial charge is 0.193 e. The van der Waals surface area contributed by atoms with Gasteiger partial charge in [0, 0.05) is 57.8 Å². The number of nitrogens with zero attached hydrogens (tertiary/aromatic N) is 3. The molecule has 1 saturated heterocycles. The van der Waals surface area contributed by atoms with E-state index in [9.17, 15) is 8.78 Å². The van der Waals surface area contributed by atoms with Gasteiger partial charge in [-0.3, -0.25) is 9.89 Å². The van der Waals surface area contributed by atoms with Gasteiger partial charge in [0.25, 0.3) is 0 Å². The number of guanidine groups is 1. The summed E-state index contributed by atoms with van der Waals surface area (Å²) in [5, 5.41) is 3.34. The van der Waals surface area contributed by atoms with Gasteiger partial charge in [0.2, 0.25) is 0 Å². The zero-order valence-corrected chi connectivity index (χ0v) is 17.6. The Kier molecular flexibility index (Phi) is 7.82. The summed E-state index contributed by atoms with van der Waals surface area (Å²) in [7, 11) is 1.77. The Labute approximate surface area is 171 Å². The maximum absolute atomic E-state index is 13.9. The highest BCUT2D eigenvalue weighted by atomic mass is 127. The largest absolute Gasteiger partial charge is 0.356 e. The van der Waals surface area contributed by atoms with Crippen molar-refractivity contribution in [3.8, 4) is 0 Å². The first-order valence-electron chi connectivity index (χ1n) is 8.88. The van der Waals surface area contributed by atoms with Crippen LogP contribution in [0.4, 0.5) is 8.78 Å². The van der Waals surface area contributed by atoms with Gasteiger partial charge in [0.05, 0.1) is 0 Å². The Bertz CT molecular complexity index is 657. The normalized spacial score (nSPS) is 21.8. The first kappa shape index (κ1) is 21.1. The number of halogens is 3. The highest BCUT2D eigenvalue weighted by molar-refractivity contribution is 14.0. The van der Waals surface area contributed by atoms with Crippen molar-refractivity contribution < 1.29 is 8.78 Å². The van der Waals surface area contributed by atoms with E-state index >= 15 is 0 Å². The van der Waals surface area contributed by atoms with Gasteiger partial charge in [0.1, 0.15) is 11.6 Å². The lowest BCUT2D eigenvalue weighted by atomic mass is 10.0. The maximum atomic E-state index is 13.9. The third-order valence-electron chi connectivity index (χ3n) is 5.10. The molecule has 2 heterocycles. The average molecular weight is 476 g/mol. The highest BCUT2D eigenvalue weighted by Crippen LogP contribution is 2.20. The lowest BCUT2D eigenvalue weighted by Crippen LogP contribution is -2.43. The Morgan fingerprint density at radius 2 is 2.04 bits per heavy atom. The zero-order valence-electron chi connectivity index (χ0n) is 15.3. The van der Waals surface area contributed by atoms with Crippen molar-refractivity contribution in [3.63, 3.8) is 0 Å². The van der Waals surface area contributed by atoms with Gasteiger partial charge >= 0.3 is 0 Å². The van der Waals surface area contributed by atoms with Crippen LogP contribution in [0.3, 0.4) is 0 Å². The fourth-order valence-corrected chi connectivity index (χ4v) is 3.61. The van der Waals surface area contributed by atoms with Crippen LogP contribution in [-0.4, -0.2) is 61.6 Å². The molecule has 0 amide bonds. The molecule has 1 aromatic carbocycles. The SMILES string of the molecule is CN=C(NCC(C)c1ccc(F)cc1F)N1CCC(N2CC=CC2)C1.I. The molecule has 1 fully saturated rings. The summed E-state index contributed by atoms with van der Waals surface area (Å²) in [6, 6.07) is 4.32. The lowest BCUT2D eigenvalue weighted by molar-refractivity contribution is 0.259. The molecule has 0 aromatic heterocycles. The first-order chi connectivity index (χ1) is 12.1. The van der Waals surface area contributed by atoms with Gasteiger partial charge in [-0.1, -0.05) is 25.1 Å². The second kappa shape index (κ2) is 9.64. The number of nitrogens with one attached hydrogen (secondary N) is 1. The molecular weight excluding hydrogens is 449 g/mol. The zero-order chi connectivity index (χ0) is 17.8. The van der Waals surface area contributed by atoms with Gasteiger partial charge < -0.3 is 10.2 Å². The molecule has 1 N–H and O–H groups in total. The Morgan fingerprint density at radius 1 is 1.31 bits per heavy atom. The van der Waals surface area contributed by atoms with Gasteiger partial charge in [-0.15, -0.1) is 24.0 Å². The Hall–Kier alpha value is -1.22. The minimum Gasteiger partial charge on any atom is -0.356 e. The topological polar surface area (TPSA) is 30.9 Å². The molecule has 1 aromatic rings.